The summed E-state index contributed by atoms with van der Waals surface area (Å²) in [6.45, 7) is 2.58. The molecule has 0 aliphatic heterocycles. The summed E-state index contributed by atoms with van der Waals surface area (Å²) in [6.07, 6.45) is -3.88. The summed E-state index contributed by atoms with van der Waals surface area (Å²) in [7, 11) is 0. The van der Waals surface area contributed by atoms with Gasteiger partial charge in [0, 0.05) is 6.61 Å². The summed E-state index contributed by atoms with van der Waals surface area (Å²) in [5, 5.41) is 0. The number of hydrogen-bond donors (Lipinski definition) is 1. The lowest BCUT2D eigenvalue weighted by Gasteiger charge is -2.14. The first kappa shape index (κ1) is 14.9. The van der Waals surface area contributed by atoms with Crippen molar-refractivity contribution in [3.8, 4) is 0 Å². The number of halogens is 4. The molecule has 0 spiro atoms. The van der Waals surface area contributed by atoms with Crippen molar-refractivity contribution in [3.05, 3.63) is 35.1 Å². The van der Waals surface area contributed by atoms with Crippen LogP contribution in [0.3, 0.4) is 0 Å². The minimum absolute atomic E-state index is 0.151. The third kappa shape index (κ3) is 3.96. The lowest BCUT2D eigenvalue weighted by atomic mass is 10.1. The Bertz CT molecular complexity index is 392. The van der Waals surface area contributed by atoms with E-state index in [0.29, 0.717) is 12.7 Å². The minimum atomic E-state index is -4.69. The molecule has 18 heavy (non-hydrogen) atoms. The van der Waals surface area contributed by atoms with Crippen molar-refractivity contribution in [1.29, 1.82) is 0 Å². The zero-order valence-corrected chi connectivity index (χ0v) is 9.93. The predicted molar refractivity (Wildman–Crippen MR) is 59.4 cm³/mol. The van der Waals surface area contributed by atoms with Gasteiger partial charge in [0.25, 0.3) is 0 Å². The maximum Gasteiger partial charge on any atom is 0.419 e. The van der Waals surface area contributed by atoms with Crippen LogP contribution in [0.4, 0.5) is 17.6 Å². The highest BCUT2D eigenvalue weighted by Crippen LogP contribution is 2.32. The van der Waals surface area contributed by atoms with Crippen molar-refractivity contribution in [2.75, 3.05) is 13.2 Å². The molecule has 0 saturated carbocycles. The molecule has 0 heterocycles. The third-order valence-electron chi connectivity index (χ3n) is 2.37. The Balaban J connectivity index is 2.78. The fourth-order valence-corrected chi connectivity index (χ4v) is 1.44. The van der Waals surface area contributed by atoms with Crippen LogP contribution in [0.2, 0.25) is 0 Å². The first-order valence-corrected chi connectivity index (χ1v) is 5.56. The lowest BCUT2D eigenvalue weighted by molar-refractivity contribution is -0.140. The van der Waals surface area contributed by atoms with Gasteiger partial charge in [-0.2, -0.15) is 13.2 Å². The summed E-state index contributed by atoms with van der Waals surface area (Å²) in [4.78, 5) is 0. The van der Waals surface area contributed by atoms with E-state index < -0.39 is 23.6 Å². The average molecular weight is 265 g/mol. The fraction of sp³-hybridized carbons (Fsp3) is 0.500. The van der Waals surface area contributed by atoms with Crippen LogP contribution >= 0.6 is 0 Å². The van der Waals surface area contributed by atoms with Crippen LogP contribution in [0.25, 0.3) is 0 Å². The maximum absolute atomic E-state index is 13.3. The standard InChI is InChI=1S/C12H15F4NO/c1-2-5-18-7-11(17)8-3-4-9(10(13)6-8)12(14,15)16/h3-4,6,11H,2,5,7,17H2,1H3. The van der Waals surface area contributed by atoms with Gasteiger partial charge in [0.15, 0.2) is 0 Å². The van der Waals surface area contributed by atoms with E-state index in [1.165, 1.54) is 6.07 Å². The Morgan fingerprint density at radius 1 is 1.33 bits per heavy atom. The smallest absolute Gasteiger partial charge is 0.379 e. The lowest BCUT2D eigenvalue weighted by Crippen LogP contribution is -2.18. The van der Waals surface area contributed by atoms with Gasteiger partial charge < -0.3 is 10.5 Å². The molecule has 0 radical (unpaired) electrons. The van der Waals surface area contributed by atoms with Crippen LogP contribution in [-0.2, 0) is 10.9 Å². The van der Waals surface area contributed by atoms with Gasteiger partial charge in [0.05, 0.1) is 18.2 Å². The topological polar surface area (TPSA) is 35.2 Å². The largest absolute Gasteiger partial charge is 0.419 e. The second kappa shape index (κ2) is 6.15. The molecule has 2 nitrogen and oxygen atoms in total. The van der Waals surface area contributed by atoms with E-state index in [4.69, 9.17) is 10.5 Å². The molecule has 6 heteroatoms. The maximum atomic E-state index is 13.3. The molecule has 1 aromatic carbocycles. The Hall–Kier alpha value is -1.14. The van der Waals surface area contributed by atoms with Gasteiger partial charge in [-0.25, -0.2) is 4.39 Å². The molecular formula is C12H15F4NO. The van der Waals surface area contributed by atoms with Crippen molar-refractivity contribution < 1.29 is 22.3 Å². The molecule has 1 rings (SSSR count). The molecule has 0 aliphatic carbocycles. The van der Waals surface area contributed by atoms with E-state index >= 15 is 0 Å². The van der Waals surface area contributed by atoms with Gasteiger partial charge in [-0.15, -0.1) is 0 Å². The normalized spacial score (nSPS) is 13.7. The van der Waals surface area contributed by atoms with Gasteiger partial charge in [0.1, 0.15) is 5.82 Å². The summed E-state index contributed by atoms with van der Waals surface area (Å²) >= 11 is 0. The zero-order valence-electron chi connectivity index (χ0n) is 9.93. The number of alkyl halides is 3. The Kier molecular flexibility index (Phi) is 5.10. The quantitative estimate of drug-likeness (QED) is 0.655. The summed E-state index contributed by atoms with van der Waals surface area (Å²) in [5.74, 6) is -1.31. The monoisotopic (exact) mass is 265 g/mol. The second-order valence-electron chi connectivity index (χ2n) is 3.92. The van der Waals surface area contributed by atoms with E-state index in [9.17, 15) is 17.6 Å². The fourth-order valence-electron chi connectivity index (χ4n) is 1.44. The number of ether oxygens (including phenoxy) is 1. The molecule has 1 atom stereocenters. The van der Waals surface area contributed by atoms with Crippen LogP contribution in [0.15, 0.2) is 18.2 Å². The van der Waals surface area contributed by atoms with Crippen molar-refractivity contribution >= 4 is 0 Å². The SMILES string of the molecule is CCCOCC(N)c1ccc(C(F)(F)F)c(F)c1. The highest BCUT2D eigenvalue weighted by atomic mass is 19.4. The third-order valence-corrected chi connectivity index (χ3v) is 2.37. The van der Waals surface area contributed by atoms with Gasteiger partial charge in [-0.1, -0.05) is 13.0 Å². The van der Waals surface area contributed by atoms with Crippen molar-refractivity contribution in [2.45, 2.75) is 25.6 Å². The summed E-state index contributed by atoms with van der Waals surface area (Å²) in [6, 6.07) is 2.05. The molecule has 1 unspecified atom stereocenters. The zero-order chi connectivity index (χ0) is 13.8. The van der Waals surface area contributed by atoms with Gasteiger partial charge in [-0.3, -0.25) is 0 Å². The van der Waals surface area contributed by atoms with Crippen molar-refractivity contribution in [3.63, 3.8) is 0 Å². The van der Waals surface area contributed by atoms with Crippen LogP contribution in [0.5, 0.6) is 0 Å². The van der Waals surface area contributed by atoms with Crippen LogP contribution < -0.4 is 5.73 Å². The number of nitrogens with two attached hydrogens (primary N) is 1. The molecule has 0 saturated heterocycles. The van der Waals surface area contributed by atoms with E-state index in [1.807, 2.05) is 6.92 Å². The molecule has 1 aromatic rings. The molecule has 0 amide bonds. The van der Waals surface area contributed by atoms with Crippen LogP contribution in [0.1, 0.15) is 30.5 Å². The molecule has 0 aromatic heterocycles. The Labute approximate surface area is 103 Å². The molecule has 0 aliphatic rings. The Morgan fingerprint density at radius 3 is 2.50 bits per heavy atom. The minimum Gasteiger partial charge on any atom is -0.379 e. The average Bonchev–Trinajstić information content (AvgIpc) is 2.27. The van der Waals surface area contributed by atoms with Crippen LogP contribution in [-0.4, -0.2) is 13.2 Å². The predicted octanol–water partition coefficient (Wildman–Crippen LogP) is 3.27. The molecule has 0 bridgehead atoms. The molecular weight excluding hydrogens is 250 g/mol. The van der Waals surface area contributed by atoms with Gasteiger partial charge in [0.2, 0.25) is 0 Å². The summed E-state index contributed by atoms with van der Waals surface area (Å²) in [5.41, 5.74) is 4.70. The van der Waals surface area contributed by atoms with Crippen LogP contribution in [0, 0.1) is 5.82 Å². The van der Waals surface area contributed by atoms with E-state index in [1.54, 1.807) is 0 Å². The van der Waals surface area contributed by atoms with E-state index in [2.05, 4.69) is 0 Å². The first-order valence-electron chi connectivity index (χ1n) is 5.56. The van der Waals surface area contributed by atoms with Crippen molar-refractivity contribution in [2.24, 2.45) is 5.73 Å². The van der Waals surface area contributed by atoms with Gasteiger partial charge >= 0.3 is 6.18 Å². The van der Waals surface area contributed by atoms with E-state index in [-0.39, 0.29) is 12.2 Å². The highest BCUT2D eigenvalue weighted by Gasteiger charge is 2.34. The van der Waals surface area contributed by atoms with E-state index in [0.717, 1.165) is 12.5 Å². The number of benzene rings is 1. The molecule has 2 N–H and O–H groups in total. The second-order valence-corrected chi connectivity index (χ2v) is 3.92. The van der Waals surface area contributed by atoms with Crippen molar-refractivity contribution in [1.82, 2.24) is 0 Å². The highest BCUT2D eigenvalue weighted by molar-refractivity contribution is 5.28. The molecule has 102 valence electrons. The number of rotatable bonds is 5. The number of hydrogen-bond acceptors (Lipinski definition) is 2. The first-order chi connectivity index (χ1) is 8.36. The Morgan fingerprint density at radius 2 is 2.00 bits per heavy atom. The summed E-state index contributed by atoms with van der Waals surface area (Å²) < 4.78 is 55.4. The molecule has 0 fully saturated rings. The van der Waals surface area contributed by atoms with Gasteiger partial charge in [-0.05, 0) is 24.1 Å².